The van der Waals surface area contributed by atoms with Gasteiger partial charge in [-0.1, -0.05) is 22.0 Å². The highest BCUT2D eigenvalue weighted by Gasteiger charge is 2.26. The highest BCUT2D eigenvalue weighted by atomic mass is 79.9. The van der Waals surface area contributed by atoms with Crippen LogP contribution < -0.4 is 14.4 Å². The highest BCUT2D eigenvalue weighted by molar-refractivity contribution is 9.10. The predicted molar refractivity (Wildman–Crippen MR) is 99.5 cm³/mol. The molecule has 132 valence electrons. The van der Waals surface area contributed by atoms with Gasteiger partial charge in [-0.25, -0.2) is 8.42 Å². The third-order valence-electron chi connectivity index (χ3n) is 3.90. The zero-order valence-corrected chi connectivity index (χ0v) is 15.9. The normalized spacial score (nSPS) is 14.6. The molecule has 1 heterocycles. The number of hydrogen-bond acceptors (Lipinski definition) is 4. The molecule has 1 amide bonds. The fourth-order valence-electron chi connectivity index (χ4n) is 2.72. The van der Waals surface area contributed by atoms with E-state index in [9.17, 15) is 13.2 Å². The van der Waals surface area contributed by atoms with Crippen LogP contribution in [-0.2, 0) is 14.8 Å². The van der Waals surface area contributed by atoms with E-state index in [0.29, 0.717) is 30.1 Å². The summed E-state index contributed by atoms with van der Waals surface area (Å²) in [5, 5.41) is 0. The van der Waals surface area contributed by atoms with E-state index in [1.54, 1.807) is 29.2 Å². The maximum Gasteiger partial charge on any atom is 0.261 e. The van der Waals surface area contributed by atoms with Gasteiger partial charge in [0, 0.05) is 23.1 Å². The number of rotatable bonds is 5. The lowest BCUT2D eigenvalue weighted by Crippen LogP contribution is -2.24. The molecule has 0 aromatic heterocycles. The Labute approximate surface area is 155 Å². The predicted octanol–water partition coefficient (Wildman–Crippen LogP) is 3.39. The minimum Gasteiger partial charge on any atom is -0.495 e. The fraction of sp³-hybridized carbons (Fsp3) is 0.235. The number of nitrogens with zero attached hydrogens (tertiary/aromatic N) is 1. The first-order valence-corrected chi connectivity index (χ1v) is 9.95. The Kier molecular flexibility index (Phi) is 5.01. The van der Waals surface area contributed by atoms with Crippen molar-refractivity contribution in [3.63, 3.8) is 0 Å². The molecule has 0 radical (unpaired) electrons. The number of halogens is 1. The largest absolute Gasteiger partial charge is 0.495 e. The van der Waals surface area contributed by atoms with Crippen molar-refractivity contribution in [1.29, 1.82) is 0 Å². The molecule has 0 saturated carbocycles. The van der Waals surface area contributed by atoms with E-state index in [1.807, 2.05) is 6.07 Å². The van der Waals surface area contributed by atoms with Crippen molar-refractivity contribution in [1.82, 2.24) is 0 Å². The van der Waals surface area contributed by atoms with Gasteiger partial charge in [0.1, 0.15) is 5.75 Å². The molecule has 8 heteroatoms. The summed E-state index contributed by atoms with van der Waals surface area (Å²) >= 11 is 3.31. The molecule has 1 fully saturated rings. The molecule has 1 N–H and O–H groups in total. The first-order valence-electron chi connectivity index (χ1n) is 7.67. The molecule has 25 heavy (non-hydrogen) atoms. The van der Waals surface area contributed by atoms with Crippen LogP contribution in [0.25, 0.3) is 0 Å². The third kappa shape index (κ3) is 3.80. The van der Waals surface area contributed by atoms with Gasteiger partial charge in [0.25, 0.3) is 10.0 Å². The van der Waals surface area contributed by atoms with Crippen molar-refractivity contribution in [2.75, 3.05) is 23.3 Å². The number of ether oxygens (including phenoxy) is 1. The zero-order chi connectivity index (χ0) is 18.0. The van der Waals surface area contributed by atoms with Crippen LogP contribution in [0.4, 0.5) is 11.4 Å². The molecular weight excluding hydrogens is 408 g/mol. The first kappa shape index (κ1) is 17.8. The molecular formula is C17H17BrN2O4S. The number of amides is 1. The quantitative estimate of drug-likeness (QED) is 0.797. The molecule has 2 aromatic rings. The second-order valence-corrected chi connectivity index (χ2v) is 8.20. The smallest absolute Gasteiger partial charge is 0.261 e. The van der Waals surface area contributed by atoms with E-state index in [4.69, 9.17) is 4.74 Å². The number of nitrogens with one attached hydrogen (secondary N) is 1. The molecule has 1 aliphatic heterocycles. The van der Waals surface area contributed by atoms with Crippen LogP contribution in [0.3, 0.4) is 0 Å². The molecule has 0 bridgehead atoms. The Bertz CT molecular complexity index is 915. The average Bonchev–Trinajstić information content (AvgIpc) is 2.99. The Morgan fingerprint density at radius 1 is 1.20 bits per heavy atom. The summed E-state index contributed by atoms with van der Waals surface area (Å²) < 4.78 is 34.0. The van der Waals surface area contributed by atoms with E-state index in [1.165, 1.54) is 19.2 Å². The second kappa shape index (κ2) is 7.05. The topological polar surface area (TPSA) is 75.7 Å². The molecule has 0 aliphatic carbocycles. The van der Waals surface area contributed by atoms with Gasteiger partial charge in [0.15, 0.2) is 0 Å². The SMILES string of the molecule is COc1ccc(S(=O)(=O)Nc2cccc(Br)c2)cc1N1CCCC1=O. The summed E-state index contributed by atoms with van der Waals surface area (Å²) in [6.45, 7) is 0.553. The number of sulfonamides is 1. The summed E-state index contributed by atoms with van der Waals surface area (Å²) in [6, 6.07) is 11.4. The summed E-state index contributed by atoms with van der Waals surface area (Å²) in [5.74, 6) is 0.435. The average molecular weight is 425 g/mol. The molecule has 1 saturated heterocycles. The number of hydrogen-bond donors (Lipinski definition) is 1. The van der Waals surface area contributed by atoms with Crippen LogP contribution in [0.2, 0.25) is 0 Å². The maximum absolute atomic E-state index is 12.7. The Balaban J connectivity index is 1.97. The highest BCUT2D eigenvalue weighted by Crippen LogP contribution is 2.34. The number of benzene rings is 2. The van der Waals surface area contributed by atoms with E-state index >= 15 is 0 Å². The van der Waals surface area contributed by atoms with Gasteiger partial charge in [-0.05, 0) is 42.8 Å². The van der Waals surface area contributed by atoms with Gasteiger partial charge in [-0.3, -0.25) is 9.52 Å². The number of methoxy groups -OCH3 is 1. The minimum absolute atomic E-state index is 0.0344. The van der Waals surface area contributed by atoms with E-state index in [0.717, 1.165) is 10.9 Å². The van der Waals surface area contributed by atoms with Crippen molar-refractivity contribution < 1.29 is 17.9 Å². The first-order chi connectivity index (χ1) is 11.9. The summed E-state index contributed by atoms with van der Waals surface area (Å²) in [6.07, 6.45) is 1.20. The van der Waals surface area contributed by atoms with Gasteiger partial charge in [0.05, 0.1) is 17.7 Å². The Morgan fingerprint density at radius 3 is 2.64 bits per heavy atom. The lowest BCUT2D eigenvalue weighted by molar-refractivity contribution is -0.117. The Morgan fingerprint density at radius 2 is 2.00 bits per heavy atom. The van der Waals surface area contributed by atoms with Crippen LogP contribution in [0.5, 0.6) is 5.75 Å². The van der Waals surface area contributed by atoms with Crippen LogP contribution in [0.15, 0.2) is 51.8 Å². The van der Waals surface area contributed by atoms with E-state index in [-0.39, 0.29) is 10.8 Å². The number of carbonyl (C=O) groups is 1. The molecule has 0 atom stereocenters. The zero-order valence-electron chi connectivity index (χ0n) is 13.5. The molecule has 1 aliphatic rings. The van der Waals surface area contributed by atoms with Crippen molar-refractivity contribution in [2.45, 2.75) is 17.7 Å². The molecule has 0 spiro atoms. The summed E-state index contributed by atoms with van der Waals surface area (Å²) in [4.78, 5) is 13.7. The maximum atomic E-state index is 12.7. The van der Waals surface area contributed by atoms with Gasteiger partial charge >= 0.3 is 0 Å². The monoisotopic (exact) mass is 424 g/mol. The number of anilines is 2. The second-order valence-electron chi connectivity index (χ2n) is 5.60. The van der Waals surface area contributed by atoms with Crippen LogP contribution in [-0.4, -0.2) is 28.0 Å². The lowest BCUT2D eigenvalue weighted by Gasteiger charge is -2.20. The van der Waals surface area contributed by atoms with E-state index < -0.39 is 10.0 Å². The molecule has 2 aromatic carbocycles. The Hall–Kier alpha value is -2.06. The van der Waals surface area contributed by atoms with Crippen molar-refractivity contribution in [3.05, 3.63) is 46.9 Å². The van der Waals surface area contributed by atoms with Crippen LogP contribution in [0.1, 0.15) is 12.8 Å². The summed E-state index contributed by atoms with van der Waals surface area (Å²) in [5.41, 5.74) is 0.922. The molecule has 0 unspecified atom stereocenters. The minimum atomic E-state index is -3.79. The standard InChI is InChI=1S/C17H17BrN2O4S/c1-24-16-8-7-14(11-15(16)20-9-3-6-17(20)21)25(22,23)19-13-5-2-4-12(18)10-13/h2,4-5,7-8,10-11,19H,3,6,9H2,1H3. The number of carbonyl (C=O) groups excluding carboxylic acids is 1. The fourth-order valence-corrected chi connectivity index (χ4v) is 4.19. The van der Waals surface area contributed by atoms with Crippen molar-refractivity contribution in [3.8, 4) is 5.75 Å². The van der Waals surface area contributed by atoms with Gasteiger partial charge < -0.3 is 9.64 Å². The van der Waals surface area contributed by atoms with Crippen molar-refractivity contribution in [2.24, 2.45) is 0 Å². The lowest BCUT2D eigenvalue weighted by atomic mass is 10.2. The van der Waals surface area contributed by atoms with Crippen molar-refractivity contribution >= 4 is 43.2 Å². The van der Waals surface area contributed by atoms with Gasteiger partial charge in [0.2, 0.25) is 5.91 Å². The molecule has 3 rings (SSSR count). The summed E-state index contributed by atoms with van der Waals surface area (Å²) in [7, 11) is -2.30. The van der Waals surface area contributed by atoms with Crippen LogP contribution >= 0.6 is 15.9 Å². The van der Waals surface area contributed by atoms with Crippen LogP contribution in [0, 0.1) is 0 Å². The van der Waals surface area contributed by atoms with Gasteiger partial charge in [-0.2, -0.15) is 0 Å². The molecule has 6 nitrogen and oxygen atoms in total. The van der Waals surface area contributed by atoms with E-state index in [2.05, 4.69) is 20.7 Å². The van der Waals surface area contributed by atoms with Gasteiger partial charge in [-0.15, -0.1) is 0 Å². The third-order valence-corrected chi connectivity index (χ3v) is 5.77.